The number of Topliss-reactive ketones (excluding diaryl/α,β-unsaturated/α-hetero) is 1. The summed E-state index contributed by atoms with van der Waals surface area (Å²) in [6.45, 7) is 13.0. The zero-order valence-corrected chi connectivity index (χ0v) is 23.0. The number of aliphatic hydroxyl groups is 1. The van der Waals surface area contributed by atoms with Gasteiger partial charge < -0.3 is 10.0 Å². The number of nitrogens with zero attached hydrogens (tertiary/aromatic N) is 2. The molecular weight excluding hydrogens is 460 g/mol. The third kappa shape index (κ3) is 6.25. The van der Waals surface area contributed by atoms with Crippen molar-refractivity contribution in [1.82, 2.24) is 0 Å². The molecule has 34 heavy (non-hydrogen) atoms. The van der Waals surface area contributed by atoms with Crippen LogP contribution in [0.2, 0.25) is 0 Å². The Morgan fingerprint density at radius 2 is 1.47 bits per heavy atom. The number of aliphatic hydroxyl groups excluding tert-OH is 1. The van der Waals surface area contributed by atoms with Crippen LogP contribution in [0.5, 0.6) is 0 Å². The van der Waals surface area contributed by atoms with Gasteiger partial charge in [-0.3, -0.25) is 4.79 Å². The summed E-state index contributed by atoms with van der Waals surface area (Å²) >= 11 is 3.26. The molecule has 186 valence electrons. The van der Waals surface area contributed by atoms with E-state index in [0.717, 1.165) is 61.6 Å². The number of carbonyl (C=O) groups is 1. The minimum Gasteiger partial charge on any atom is -0.506 e. The average Bonchev–Trinajstić information content (AvgIpc) is 3.50. The first-order chi connectivity index (χ1) is 16.5. The minimum absolute atomic E-state index is 0.0263. The van der Waals surface area contributed by atoms with Crippen LogP contribution in [-0.2, 0) is 4.79 Å². The number of thioether (sulfide) groups is 1. The molecule has 2 heterocycles. The van der Waals surface area contributed by atoms with Gasteiger partial charge in [0.15, 0.2) is 0 Å². The fourth-order valence-corrected chi connectivity index (χ4v) is 6.39. The average molecular weight is 502 g/mol. The summed E-state index contributed by atoms with van der Waals surface area (Å²) in [5, 5.41) is 13.3. The molecule has 1 aliphatic heterocycles. The van der Waals surface area contributed by atoms with Crippen molar-refractivity contribution < 1.29 is 14.5 Å². The van der Waals surface area contributed by atoms with Gasteiger partial charge in [0.2, 0.25) is 10.8 Å². The molecule has 6 heteroatoms. The molecule has 0 saturated heterocycles. The zero-order valence-electron chi connectivity index (χ0n) is 21.4. The van der Waals surface area contributed by atoms with Crippen LogP contribution >= 0.6 is 23.1 Å². The van der Waals surface area contributed by atoms with Crippen molar-refractivity contribution in [2.24, 2.45) is 0 Å². The quantitative estimate of drug-likeness (QED) is 0.211. The number of carbonyl (C=O) groups excluding carboxylic acids is 1. The second-order valence-corrected chi connectivity index (χ2v) is 11.2. The van der Waals surface area contributed by atoms with Crippen LogP contribution in [0, 0.1) is 0 Å². The van der Waals surface area contributed by atoms with Crippen LogP contribution in [0.3, 0.4) is 0 Å². The second-order valence-electron chi connectivity index (χ2n) is 9.09. The lowest BCUT2D eigenvalue weighted by molar-refractivity contribution is -0.525. The highest BCUT2D eigenvalue weighted by molar-refractivity contribution is 8.18. The van der Waals surface area contributed by atoms with E-state index in [2.05, 4.69) is 49.3 Å². The number of hydrogen-bond donors (Lipinski definition) is 1. The molecule has 0 unspecified atom stereocenters. The first-order valence-electron chi connectivity index (χ1n) is 13.1. The monoisotopic (exact) mass is 501 g/mol. The van der Waals surface area contributed by atoms with Gasteiger partial charge in [0.1, 0.15) is 18.8 Å². The maximum absolute atomic E-state index is 13.2. The van der Waals surface area contributed by atoms with Crippen LogP contribution in [0.1, 0.15) is 83.9 Å². The topological polar surface area (TPSA) is 43.5 Å². The van der Waals surface area contributed by atoms with Crippen LogP contribution in [0.25, 0.3) is 5.57 Å². The van der Waals surface area contributed by atoms with Gasteiger partial charge in [-0.2, -0.15) is 0 Å². The first kappa shape index (κ1) is 26.8. The molecule has 0 aromatic carbocycles. The smallest absolute Gasteiger partial charge is 0.239 e. The molecule has 2 aliphatic rings. The zero-order chi connectivity index (χ0) is 24.5. The fraction of sp³-hybridized carbons (Fsp3) is 0.571. The molecule has 0 bridgehead atoms. The molecule has 3 rings (SSSR count). The molecule has 0 spiro atoms. The van der Waals surface area contributed by atoms with E-state index in [1.54, 1.807) is 23.1 Å². The molecule has 1 aliphatic carbocycles. The van der Waals surface area contributed by atoms with Gasteiger partial charge in [-0.15, -0.1) is 11.3 Å². The number of anilines is 1. The van der Waals surface area contributed by atoms with Crippen molar-refractivity contribution in [3.63, 3.8) is 0 Å². The number of thiophene rings is 1. The number of ketones is 1. The summed E-state index contributed by atoms with van der Waals surface area (Å²) in [5.74, 6) is 0.135. The van der Waals surface area contributed by atoms with E-state index in [9.17, 15) is 9.90 Å². The van der Waals surface area contributed by atoms with Crippen molar-refractivity contribution in [2.75, 3.05) is 31.1 Å². The van der Waals surface area contributed by atoms with Crippen LogP contribution in [0.15, 0.2) is 40.5 Å². The Hall–Kier alpha value is -1.79. The summed E-state index contributed by atoms with van der Waals surface area (Å²) in [5.41, 5.74) is 0.974. The van der Waals surface area contributed by atoms with Crippen LogP contribution in [-0.4, -0.2) is 46.7 Å². The largest absolute Gasteiger partial charge is 0.506 e. The Kier molecular flexibility index (Phi) is 10.5. The lowest BCUT2D eigenvalue weighted by atomic mass is 9.86. The number of allylic oxidation sites excluding steroid dienone is 3. The highest BCUT2D eigenvalue weighted by Gasteiger charge is 2.39. The first-order valence-corrected chi connectivity index (χ1v) is 14.7. The van der Waals surface area contributed by atoms with Gasteiger partial charge in [-0.05, 0) is 42.8 Å². The van der Waals surface area contributed by atoms with E-state index < -0.39 is 0 Å². The van der Waals surface area contributed by atoms with Gasteiger partial charge in [0.25, 0.3) is 0 Å². The fourth-order valence-electron chi connectivity index (χ4n) is 4.18. The van der Waals surface area contributed by atoms with Crippen molar-refractivity contribution >= 4 is 44.5 Å². The summed E-state index contributed by atoms with van der Waals surface area (Å²) in [6.07, 6.45) is 13.4. The van der Waals surface area contributed by atoms with E-state index >= 15 is 0 Å². The molecule has 0 amide bonds. The maximum Gasteiger partial charge on any atom is 0.239 e. The van der Waals surface area contributed by atoms with E-state index in [0.29, 0.717) is 11.1 Å². The van der Waals surface area contributed by atoms with Crippen molar-refractivity contribution in [2.45, 2.75) is 79.1 Å². The molecule has 1 aromatic rings. The predicted molar refractivity (Wildman–Crippen MR) is 149 cm³/mol. The molecular formula is C28H41N2O2S2+. The Morgan fingerprint density at radius 1 is 0.853 bits per heavy atom. The van der Waals surface area contributed by atoms with Gasteiger partial charge in [0, 0.05) is 41.8 Å². The van der Waals surface area contributed by atoms with Gasteiger partial charge in [-0.25, -0.2) is 4.58 Å². The van der Waals surface area contributed by atoms with Crippen molar-refractivity contribution in [3.8, 4) is 0 Å². The molecule has 0 atom stereocenters. The SMILES string of the molecule is CCCCN(CCCC)c1ccc(C2=C(O)C(=C3C=CC(=[N+](CCCC)CCCC)S3)C2=O)s1. The van der Waals surface area contributed by atoms with Gasteiger partial charge >= 0.3 is 0 Å². The molecule has 0 saturated carbocycles. The van der Waals surface area contributed by atoms with Gasteiger partial charge in [-0.1, -0.05) is 53.4 Å². The van der Waals surface area contributed by atoms with Crippen molar-refractivity contribution in [3.05, 3.63) is 45.4 Å². The van der Waals surface area contributed by atoms with Gasteiger partial charge in [0.05, 0.1) is 16.1 Å². The molecule has 1 N–H and O–H groups in total. The number of unbranched alkanes of at least 4 members (excludes halogenated alkanes) is 4. The second kappa shape index (κ2) is 13.3. The van der Waals surface area contributed by atoms with E-state index in [4.69, 9.17) is 0 Å². The van der Waals surface area contributed by atoms with Crippen LogP contribution in [0.4, 0.5) is 5.00 Å². The van der Waals surface area contributed by atoms with E-state index in [-0.39, 0.29) is 11.5 Å². The standard InChI is InChI=1S/C28H40N2O2S2/c1-5-9-17-29(18-10-6-2)23-15-13-21(33-23)25-27(31)26(28(25)32)22-14-16-24(34-22)30(19-11-7-3)20-12-8-4/h13-16H,5-12,17-20H2,1-4H3/p+1. The Balaban J connectivity index is 1.80. The summed E-state index contributed by atoms with van der Waals surface area (Å²) in [6, 6.07) is 4.11. The van der Waals surface area contributed by atoms with E-state index in [1.165, 1.54) is 35.7 Å². The molecule has 1 aromatic heterocycles. The summed E-state index contributed by atoms with van der Waals surface area (Å²) < 4.78 is 2.43. The number of rotatable bonds is 14. The lowest BCUT2D eigenvalue weighted by Crippen LogP contribution is -2.24. The third-order valence-corrected chi connectivity index (χ3v) is 8.68. The third-order valence-electron chi connectivity index (χ3n) is 6.35. The van der Waals surface area contributed by atoms with Crippen LogP contribution < -0.4 is 4.90 Å². The Labute approximate surface area is 214 Å². The molecule has 0 radical (unpaired) electrons. The highest BCUT2D eigenvalue weighted by atomic mass is 32.2. The summed E-state index contributed by atoms with van der Waals surface area (Å²) in [7, 11) is 0. The molecule has 4 nitrogen and oxygen atoms in total. The van der Waals surface area contributed by atoms with E-state index in [1.807, 2.05) is 12.1 Å². The number of hydrogen-bond acceptors (Lipinski definition) is 5. The maximum atomic E-state index is 13.2. The summed E-state index contributed by atoms with van der Waals surface area (Å²) in [4.78, 5) is 17.3. The van der Waals surface area contributed by atoms with Crippen molar-refractivity contribution in [1.29, 1.82) is 0 Å². The predicted octanol–water partition coefficient (Wildman–Crippen LogP) is 7.57. The normalized spacial score (nSPS) is 17.6. The minimum atomic E-state index is -0.0263. The molecule has 0 fully saturated rings. The Bertz CT molecular complexity index is 966. The highest BCUT2D eigenvalue weighted by Crippen LogP contribution is 2.45. The Morgan fingerprint density at radius 3 is 2.03 bits per heavy atom. The lowest BCUT2D eigenvalue weighted by Gasteiger charge is -2.23.